The molecule has 10 nitrogen and oxygen atoms in total. The molecule has 1 amide bonds. The maximum absolute atomic E-state index is 14.9. The summed E-state index contributed by atoms with van der Waals surface area (Å²) in [5.41, 5.74) is 3.35. The zero-order valence-corrected chi connectivity index (χ0v) is 17.4. The van der Waals surface area contributed by atoms with Gasteiger partial charge in [0.25, 0.3) is 0 Å². The van der Waals surface area contributed by atoms with E-state index in [9.17, 15) is 14.3 Å². The summed E-state index contributed by atoms with van der Waals surface area (Å²) in [4.78, 5) is 21.9. The minimum Gasteiger partial charge on any atom is -0.493 e. The Bertz CT molecular complexity index is 1440. The summed E-state index contributed by atoms with van der Waals surface area (Å²) >= 11 is 0. The summed E-state index contributed by atoms with van der Waals surface area (Å²) in [6.45, 7) is 2.14. The van der Waals surface area contributed by atoms with Gasteiger partial charge in [0.2, 0.25) is 0 Å². The lowest BCUT2D eigenvalue weighted by Crippen LogP contribution is -2.31. The molecule has 166 valence electrons. The van der Waals surface area contributed by atoms with Crippen molar-refractivity contribution in [3.63, 3.8) is 0 Å². The third-order valence-corrected chi connectivity index (χ3v) is 6.01. The van der Waals surface area contributed by atoms with Crippen LogP contribution in [0.25, 0.3) is 16.9 Å². The molecule has 1 N–H and O–H groups in total. The number of carbonyl (C=O) groups is 1. The van der Waals surface area contributed by atoms with Gasteiger partial charge in [0, 0.05) is 22.9 Å². The monoisotopic (exact) mass is 448 g/mol. The number of halogens is 1. The van der Waals surface area contributed by atoms with Crippen LogP contribution in [0.2, 0.25) is 0 Å². The number of aromatic nitrogens is 5. The predicted molar refractivity (Wildman–Crippen MR) is 113 cm³/mol. The van der Waals surface area contributed by atoms with Crippen molar-refractivity contribution in [1.29, 1.82) is 0 Å². The number of carboxylic acid groups (broad SMARTS) is 1. The van der Waals surface area contributed by atoms with Crippen molar-refractivity contribution in [2.75, 3.05) is 18.1 Å². The maximum Gasteiger partial charge on any atom is 0.413 e. The number of anilines is 1. The Balaban J connectivity index is 1.62. The molecular formula is C22H17FN6O4. The zero-order valence-electron chi connectivity index (χ0n) is 17.4. The van der Waals surface area contributed by atoms with Crippen LogP contribution in [0, 0.1) is 12.7 Å². The molecule has 0 radical (unpaired) electrons. The normalized spacial score (nSPS) is 16.8. The molecule has 0 fully saturated rings. The fourth-order valence-electron chi connectivity index (χ4n) is 4.51. The van der Waals surface area contributed by atoms with Crippen LogP contribution in [0.4, 0.5) is 15.0 Å². The molecule has 11 heteroatoms. The summed E-state index contributed by atoms with van der Waals surface area (Å²) in [6, 6.07) is 4.57. The lowest BCUT2D eigenvalue weighted by molar-refractivity contribution is 0.200. The van der Waals surface area contributed by atoms with Crippen LogP contribution in [0.5, 0.6) is 11.5 Å². The molecule has 2 aliphatic rings. The van der Waals surface area contributed by atoms with Gasteiger partial charge in [-0.25, -0.2) is 19.2 Å². The zero-order chi connectivity index (χ0) is 22.7. The number of hydrogen-bond donors (Lipinski definition) is 1. The fourth-order valence-corrected chi connectivity index (χ4v) is 4.51. The Labute approximate surface area is 186 Å². The lowest BCUT2D eigenvalue weighted by Gasteiger charge is -2.23. The number of nitrogens with zero attached hydrogens (tertiary/aromatic N) is 6. The first-order chi connectivity index (χ1) is 16.0. The number of aryl methyl sites for hydroxylation is 1. The van der Waals surface area contributed by atoms with E-state index in [1.807, 2.05) is 6.92 Å². The van der Waals surface area contributed by atoms with Gasteiger partial charge in [0.15, 0.2) is 17.2 Å². The number of fused-ring (bicyclic) bond motifs is 3. The first-order valence-corrected chi connectivity index (χ1v) is 10.2. The molecule has 1 atom stereocenters. The second kappa shape index (κ2) is 7.12. The highest BCUT2D eigenvalue weighted by Gasteiger charge is 2.35. The summed E-state index contributed by atoms with van der Waals surface area (Å²) in [5, 5.41) is 18.3. The lowest BCUT2D eigenvalue weighted by atomic mass is 9.95. The van der Waals surface area contributed by atoms with Crippen LogP contribution in [0.3, 0.4) is 0 Å². The van der Waals surface area contributed by atoms with Gasteiger partial charge in [-0.2, -0.15) is 0 Å². The second-order valence-electron chi connectivity index (χ2n) is 7.95. The minimum atomic E-state index is -1.27. The minimum absolute atomic E-state index is 0.180. The van der Waals surface area contributed by atoms with Crippen molar-refractivity contribution in [2.24, 2.45) is 0 Å². The summed E-state index contributed by atoms with van der Waals surface area (Å²) in [6.07, 6.45) is 3.25. The van der Waals surface area contributed by atoms with E-state index in [2.05, 4.69) is 20.2 Å². The van der Waals surface area contributed by atoms with Crippen molar-refractivity contribution in [2.45, 2.75) is 19.4 Å². The van der Waals surface area contributed by atoms with E-state index in [0.29, 0.717) is 40.6 Å². The Morgan fingerprint density at radius 2 is 2.06 bits per heavy atom. The van der Waals surface area contributed by atoms with Crippen molar-refractivity contribution in [3.8, 4) is 22.8 Å². The second-order valence-corrected chi connectivity index (χ2v) is 7.95. The highest BCUT2D eigenvalue weighted by molar-refractivity contribution is 5.90. The number of pyridine rings is 1. The van der Waals surface area contributed by atoms with Gasteiger partial charge in [0.05, 0.1) is 31.4 Å². The number of benzene rings is 1. The van der Waals surface area contributed by atoms with E-state index in [1.54, 1.807) is 18.3 Å². The number of hydrogen-bond acceptors (Lipinski definition) is 7. The predicted octanol–water partition coefficient (Wildman–Crippen LogP) is 3.19. The SMILES string of the molecule is Cc1cncnc1-c1cc2c(n3cnnc13)N(C(=O)O)Cc1c(F)ccc3c1[C@@H](CO3)CO2. The van der Waals surface area contributed by atoms with E-state index in [-0.39, 0.29) is 30.5 Å². The molecule has 6 rings (SSSR count). The summed E-state index contributed by atoms with van der Waals surface area (Å²) in [5.74, 6) is 0.290. The Hall–Kier alpha value is -4.28. The standard InChI is InChI=1S/C22H17FN6O4/c1-11-5-24-9-25-19(11)13-4-17-21(29-10-26-27-20(13)29)28(22(30)31)6-14-15(23)2-3-16-18(14)12(7-32-16)8-33-17/h2-5,9-10,12H,6-8H2,1H3,(H,30,31)/t12-/m0/s1. The molecule has 0 spiro atoms. The van der Waals surface area contributed by atoms with Crippen molar-refractivity contribution in [3.05, 3.63) is 59.6 Å². The molecule has 4 aromatic rings. The van der Waals surface area contributed by atoms with E-state index in [1.165, 1.54) is 23.1 Å². The summed E-state index contributed by atoms with van der Waals surface area (Å²) < 4.78 is 28.4. The smallest absolute Gasteiger partial charge is 0.413 e. The van der Waals surface area contributed by atoms with E-state index in [4.69, 9.17) is 9.47 Å². The number of amides is 1. The Kier molecular flexibility index (Phi) is 4.19. The molecular weight excluding hydrogens is 431 g/mol. The van der Waals surface area contributed by atoms with Crippen LogP contribution in [-0.2, 0) is 6.54 Å². The molecule has 3 aromatic heterocycles. The third-order valence-electron chi connectivity index (χ3n) is 6.01. The Morgan fingerprint density at radius 3 is 2.85 bits per heavy atom. The Morgan fingerprint density at radius 1 is 1.24 bits per heavy atom. The van der Waals surface area contributed by atoms with E-state index < -0.39 is 11.9 Å². The third kappa shape index (κ3) is 2.89. The highest BCUT2D eigenvalue weighted by Crippen LogP contribution is 2.43. The molecule has 33 heavy (non-hydrogen) atoms. The molecule has 0 unspecified atom stereocenters. The molecule has 2 aliphatic heterocycles. The molecule has 0 saturated carbocycles. The van der Waals surface area contributed by atoms with Gasteiger partial charge in [-0.15, -0.1) is 10.2 Å². The van der Waals surface area contributed by atoms with Crippen LogP contribution in [0.1, 0.15) is 22.6 Å². The average Bonchev–Trinajstić information content (AvgIpc) is 3.45. The van der Waals surface area contributed by atoms with Crippen molar-refractivity contribution < 1.29 is 23.8 Å². The molecule has 0 bridgehead atoms. The van der Waals surface area contributed by atoms with E-state index >= 15 is 0 Å². The van der Waals surface area contributed by atoms with Crippen LogP contribution < -0.4 is 14.4 Å². The maximum atomic E-state index is 14.9. The fraction of sp³-hybridized carbons (Fsp3) is 0.227. The highest BCUT2D eigenvalue weighted by atomic mass is 19.1. The molecule has 0 aliphatic carbocycles. The van der Waals surface area contributed by atoms with Gasteiger partial charge >= 0.3 is 6.09 Å². The first kappa shape index (κ1) is 19.4. The molecule has 1 aromatic carbocycles. The molecule has 0 saturated heterocycles. The van der Waals surface area contributed by atoms with Crippen LogP contribution in [0.15, 0.2) is 37.1 Å². The quantitative estimate of drug-likeness (QED) is 0.472. The van der Waals surface area contributed by atoms with Gasteiger partial charge < -0.3 is 14.6 Å². The number of ether oxygens (including phenoxy) is 2. The first-order valence-electron chi connectivity index (χ1n) is 10.2. The topological polar surface area (TPSA) is 115 Å². The molecule has 5 heterocycles. The van der Waals surface area contributed by atoms with Crippen molar-refractivity contribution >= 4 is 17.6 Å². The average molecular weight is 448 g/mol. The van der Waals surface area contributed by atoms with Gasteiger partial charge in [-0.1, -0.05) is 0 Å². The van der Waals surface area contributed by atoms with E-state index in [0.717, 1.165) is 10.5 Å². The largest absolute Gasteiger partial charge is 0.493 e. The van der Waals surface area contributed by atoms with Gasteiger partial charge in [-0.3, -0.25) is 9.30 Å². The van der Waals surface area contributed by atoms with Gasteiger partial charge in [-0.05, 0) is 30.7 Å². The van der Waals surface area contributed by atoms with Crippen molar-refractivity contribution in [1.82, 2.24) is 24.6 Å². The summed E-state index contributed by atoms with van der Waals surface area (Å²) in [7, 11) is 0. The van der Waals surface area contributed by atoms with Crippen LogP contribution in [-0.4, -0.2) is 49.0 Å². The van der Waals surface area contributed by atoms with Gasteiger partial charge in [0.1, 0.15) is 24.2 Å². The number of rotatable bonds is 1. The van der Waals surface area contributed by atoms with Crippen LogP contribution >= 0.6 is 0 Å².